The molecule has 0 spiro atoms. The topological polar surface area (TPSA) is 29.3 Å². The third kappa shape index (κ3) is 2.11. The molecule has 16 heavy (non-hydrogen) atoms. The Morgan fingerprint density at radius 2 is 2.19 bits per heavy atom. The Labute approximate surface area is 96.2 Å². The lowest BCUT2D eigenvalue weighted by atomic mass is 10.00. The van der Waals surface area contributed by atoms with E-state index in [1.807, 2.05) is 6.07 Å². The summed E-state index contributed by atoms with van der Waals surface area (Å²) in [6.07, 6.45) is 0.985. The Hall–Kier alpha value is -0.930. The first-order chi connectivity index (χ1) is 7.59. The molecule has 1 saturated heterocycles. The predicted molar refractivity (Wildman–Crippen MR) is 63.6 cm³/mol. The average molecular weight is 222 g/mol. The second-order valence-corrected chi connectivity index (χ2v) is 4.78. The molecule has 0 aliphatic carbocycles. The fourth-order valence-corrected chi connectivity index (χ4v) is 2.55. The maximum atomic E-state index is 13.2. The fraction of sp³-hybridized carbons (Fsp3) is 0.538. The van der Waals surface area contributed by atoms with Gasteiger partial charge < -0.3 is 5.73 Å². The van der Waals surface area contributed by atoms with Gasteiger partial charge in [0, 0.05) is 18.6 Å². The molecule has 2 nitrogen and oxygen atoms in total. The van der Waals surface area contributed by atoms with Crippen molar-refractivity contribution in [3.8, 4) is 0 Å². The van der Waals surface area contributed by atoms with Crippen molar-refractivity contribution in [1.82, 2.24) is 4.90 Å². The smallest absolute Gasteiger partial charge is 0.123 e. The molecule has 3 heteroatoms. The second kappa shape index (κ2) is 4.52. The van der Waals surface area contributed by atoms with Gasteiger partial charge in [0.1, 0.15) is 5.82 Å². The summed E-state index contributed by atoms with van der Waals surface area (Å²) in [7, 11) is 0. The quantitative estimate of drug-likeness (QED) is 0.832. The molecule has 2 atom stereocenters. The van der Waals surface area contributed by atoms with Gasteiger partial charge in [-0.1, -0.05) is 12.1 Å². The Bertz CT molecular complexity index is 365. The molecule has 2 N–H and O–H groups in total. The molecular weight excluding hydrogens is 203 g/mol. The summed E-state index contributed by atoms with van der Waals surface area (Å²) in [5.41, 5.74) is 7.12. The molecule has 0 unspecified atom stereocenters. The molecular formula is C13H19FN2. The summed E-state index contributed by atoms with van der Waals surface area (Å²) in [5, 5.41) is 0. The van der Waals surface area contributed by atoms with E-state index in [9.17, 15) is 4.39 Å². The SMILES string of the molecule is CC(C)N1CC[C@H](N)[C@H]1c1cccc(F)c1. The van der Waals surface area contributed by atoms with E-state index in [0.717, 1.165) is 18.5 Å². The minimum Gasteiger partial charge on any atom is -0.326 e. The number of hydrogen-bond acceptors (Lipinski definition) is 2. The summed E-state index contributed by atoms with van der Waals surface area (Å²) in [5.74, 6) is -0.180. The fourth-order valence-electron chi connectivity index (χ4n) is 2.55. The second-order valence-electron chi connectivity index (χ2n) is 4.78. The number of likely N-dealkylation sites (tertiary alicyclic amines) is 1. The van der Waals surface area contributed by atoms with Crippen LogP contribution in [-0.2, 0) is 0 Å². The van der Waals surface area contributed by atoms with Crippen molar-refractivity contribution >= 4 is 0 Å². The molecule has 1 aliphatic heterocycles. The van der Waals surface area contributed by atoms with Crippen molar-refractivity contribution in [3.05, 3.63) is 35.6 Å². The van der Waals surface area contributed by atoms with Gasteiger partial charge in [0.15, 0.2) is 0 Å². The molecule has 88 valence electrons. The number of benzene rings is 1. The van der Waals surface area contributed by atoms with Gasteiger partial charge in [-0.3, -0.25) is 4.90 Å². The van der Waals surface area contributed by atoms with E-state index in [2.05, 4.69) is 18.7 Å². The lowest BCUT2D eigenvalue weighted by Crippen LogP contribution is -2.35. The van der Waals surface area contributed by atoms with Crippen LogP contribution in [0.1, 0.15) is 31.9 Å². The van der Waals surface area contributed by atoms with Gasteiger partial charge >= 0.3 is 0 Å². The first kappa shape index (κ1) is 11.6. The third-order valence-corrected chi connectivity index (χ3v) is 3.34. The van der Waals surface area contributed by atoms with Gasteiger partial charge in [-0.05, 0) is 38.0 Å². The van der Waals surface area contributed by atoms with Gasteiger partial charge in [0.05, 0.1) is 6.04 Å². The molecule has 1 fully saturated rings. The molecule has 0 saturated carbocycles. The molecule has 2 rings (SSSR count). The number of halogens is 1. The van der Waals surface area contributed by atoms with Crippen molar-refractivity contribution in [1.29, 1.82) is 0 Å². The van der Waals surface area contributed by atoms with Crippen molar-refractivity contribution in [2.75, 3.05) is 6.54 Å². The molecule has 1 heterocycles. The van der Waals surface area contributed by atoms with Gasteiger partial charge in [-0.2, -0.15) is 0 Å². The lowest BCUT2D eigenvalue weighted by molar-refractivity contribution is 0.198. The first-order valence-electron chi connectivity index (χ1n) is 5.86. The minimum atomic E-state index is -0.180. The van der Waals surface area contributed by atoms with Gasteiger partial charge in [-0.25, -0.2) is 4.39 Å². The van der Waals surface area contributed by atoms with Crippen molar-refractivity contribution < 1.29 is 4.39 Å². The van der Waals surface area contributed by atoms with Crippen LogP contribution < -0.4 is 5.73 Å². The van der Waals surface area contributed by atoms with Crippen LogP contribution in [0.3, 0.4) is 0 Å². The highest BCUT2D eigenvalue weighted by Gasteiger charge is 2.34. The summed E-state index contributed by atoms with van der Waals surface area (Å²) < 4.78 is 13.2. The Kier molecular flexibility index (Phi) is 3.26. The van der Waals surface area contributed by atoms with Gasteiger partial charge in [0.25, 0.3) is 0 Å². The van der Waals surface area contributed by atoms with Crippen molar-refractivity contribution in [2.45, 2.75) is 38.4 Å². The summed E-state index contributed by atoms with van der Waals surface area (Å²) in [6.45, 7) is 5.31. The predicted octanol–water partition coefficient (Wildman–Crippen LogP) is 2.31. The van der Waals surface area contributed by atoms with E-state index >= 15 is 0 Å². The van der Waals surface area contributed by atoms with Crippen LogP contribution in [0, 0.1) is 5.82 Å². The molecule has 0 amide bonds. The molecule has 1 aromatic rings. The van der Waals surface area contributed by atoms with Gasteiger partial charge in [0.2, 0.25) is 0 Å². The standard InChI is InChI=1S/C13H19FN2/c1-9(2)16-7-6-12(15)13(16)10-4-3-5-11(14)8-10/h3-5,8-9,12-13H,6-7,15H2,1-2H3/t12-,13+/m0/s1. The van der Waals surface area contributed by atoms with Crippen LogP contribution in [-0.4, -0.2) is 23.5 Å². The van der Waals surface area contributed by atoms with E-state index in [1.54, 1.807) is 12.1 Å². The molecule has 1 aromatic carbocycles. The maximum Gasteiger partial charge on any atom is 0.123 e. The Morgan fingerprint density at radius 3 is 2.81 bits per heavy atom. The van der Waals surface area contributed by atoms with E-state index in [4.69, 9.17) is 5.73 Å². The zero-order valence-electron chi connectivity index (χ0n) is 9.86. The lowest BCUT2D eigenvalue weighted by Gasteiger charge is -2.30. The highest BCUT2D eigenvalue weighted by molar-refractivity contribution is 5.23. The number of nitrogens with two attached hydrogens (primary N) is 1. The van der Waals surface area contributed by atoms with Crippen molar-refractivity contribution in [3.63, 3.8) is 0 Å². The van der Waals surface area contributed by atoms with E-state index in [1.165, 1.54) is 6.07 Å². The molecule has 0 aromatic heterocycles. The van der Waals surface area contributed by atoms with Crippen LogP contribution >= 0.6 is 0 Å². The van der Waals surface area contributed by atoms with Gasteiger partial charge in [-0.15, -0.1) is 0 Å². The Morgan fingerprint density at radius 1 is 1.44 bits per heavy atom. The van der Waals surface area contributed by atoms with Crippen LogP contribution in [0.15, 0.2) is 24.3 Å². The zero-order chi connectivity index (χ0) is 11.7. The molecule has 0 radical (unpaired) electrons. The number of hydrogen-bond donors (Lipinski definition) is 1. The molecule has 1 aliphatic rings. The number of nitrogens with zero attached hydrogens (tertiary/aromatic N) is 1. The van der Waals surface area contributed by atoms with Crippen molar-refractivity contribution in [2.24, 2.45) is 5.73 Å². The molecule has 0 bridgehead atoms. The minimum absolute atomic E-state index is 0.115. The summed E-state index contributed by atoms with van der Waals surface area (Å²) >= 11 is 0. The maximum absolute atomic E-state index is 13.2. The Balaban J connectivity index is 2.30. The van der Waals surface area contributed by atoms with E-state index < -0.39 is 0 Å². The van der Waals surface area contributed by atoms with Crippen LogP contribution in [0.2, 0.25) is 0 Å². The normalized spacial score (nSPS) is 26.6. The summed E-state index contributed by atoms with van der Waals surface area (Å²) in [4.78, 5) is 2.35. The summed E-state index contributed by atoms with van der Waals surface area (Å²) in [6, 6.07) is 7.53. The number of rotatable bonds is 2. The van der Waals surface area contributed by atoms with Crippen LogP contribution in [0.5, 0.6) is 0 Å². The van der Waals surface area contributed by atoms with E-state index in [0.29, 0.717) is 6.04 Å². The average Bonchev–Trinajstić information content (AvgIpc) is 2.60. The highest BCUT2D eigenvalue weighted by atomic mass is 19.1. The highest BCUT2D eigenvalue weighted by Crippen LogP contribution is 2.32. The third-order valence-electron chi connectivity index (χ3n) is 3.34. The zero-order valence-corrected chi connectivity index (χ0v) is 9.86. The monoisotopic (exact) mass is 222 g/mol. The van der Waals surface area contributed by atoms with E-state index in [-0.39, 0.29) is 17.9 Å². The van der Waals surface area contributed by atoms with Crippen LogP contribution in [0.4, 0.5) is 4.39 Å². The largest absolute Gasteiger partial charge is 0.326 e. The van der Waals surface area contributed by atoms with Crippen LogP contribution in [0.25, 0.3) is 0 Å². The first-order valence-corrected chi connectivity index (χ1v) is 5.86.